The molecule has 1 amide bonds. The van der Waals surface area contributed by atoms with Crippen LogP contribution in [0.2, 0.25) is 0 Å². The summed E-state index contributed by atoms with van der Waals surface area (Å²) in [6.45, 7) is 9.53. The molecule has 1 aliphatic rings. The van der Waals surface area contributed by atoms with Gasteiger partial charge in [0.1, 0.15) is 0 Å². The largest absolute Gasteiger partial charge is 0.352 e. The van der Waals surface area contributed by atoms with Gasteiger partial charge in [0.05, 0.1) is 4.90 Å². The fourth-order valence-corrected chi connectivity index (χ4v) is 3.71. The number of nitrogens with one attached hydrogen (secondary N) is 2. The molecule has 1 aliphatic heterocycles. The number of carbonyl (C=O) groups is 1. The Hall–Kier alpha value is -1.74. The van der Waals surface area contributed by atoms with Gasteiger partial charge in [-0.05, 0) is 44.3 Å². The lowest BCUT2D eigenvalue weighted by atomic mass is 10.2. The maximum atomic E-state index is 12.2. The van der Waals surface area contributed by atoms with E-state index in [0.29, 0.717) is 12.1 Å². The molecule has 0 spiro atoms. The van der Waals surface area contributed by atoms with Crippen LogP contribution >= 0.6 is 0 Å². The van der Waals surface area contributed by atoms with Crippen molar-refractivity contribution in [3.63, 3.8) is 0 Å². The van der Waals surface area contributed by atoms with Crippen molar-refractivity contribution in [2.75, 3.05) is 52.9 Å². The second-order valence-corrected chi connectivity index (χ2v) is 8.19. The van der Waals surface area contributed by atoms with Gasteiger partial charge in [0.25, 0.3) is 5.91 Å². The van der Waals surface area contributed by atoms with E-state index < -0.39 is 10.0 Å². The van der Waals surface area contributed by atoms with E-state index in [1.807, 2.05) is 0 Å². The molecule has 1 saturated heterocycles. The Balaban J connectivity index is 1.76. The maximum absolute atomic E-state index is 12.2. The van der Waals surface area contributed by atoms with Crippen molar-refractivity contribution in [3.05, 3.63) is 42.5 Å². The third-order valence-electron chi connectivity index (χ3n) is 4.38. The molecule has 1 aromatic carbocycles. The molecule has 1 fully saturated rings. The van der Waals surface area contributed by atoms with Crippen LogP contribution < -0.4 is 10.0 Å². The number of benzene rings is 1. The fourth-order valence-electron chi connectivity index (χ4n) is 2.72. The van der Waals surface area contributed by atoms with Gasteiger partial charge in [-0.2, -0.15) is 0 Å². The van der Waals surface area contributed by atoms with Crippen molar-refractivity contribution in [2.24, 2.45) is 0 Å². The predicted octanol–water partition coefficient (Wildman–Crippen LogP) is 0.518. The molecule has 0 radical (unpaired) electrons. The van der Waals surface area contributed by atoms with Gasteiger partial charge in [0.2, 0.25) is 10.0 Å². The number of amides is 1. The molecule has 1 heterocycles. The predicted molar refractivity (Wildman–Crippen MR) is 103 cm³/mol. The highest BCUT2D eigenvalue weighted by Gasteiger charge is 2.15. The molecule has 144 valence electrons. The van der Waals surface area contributed by atoms with E-state index in [1.54, 1.807) is 0 Å². The molecule has 0 bridgehead atoms. The highest BCUT2D eigenvalue weighted by Crippen LogP contribution is 2.10. The Morgan fingerprint density at radius 3 is 2.46 bits per heavy atom. The van der Waals surface area contributed by atoms with Crippen molar-refractivity contribution in [1.82, 2.24) is 19.8 Å². The quantitative estimate of drug-likeness (QED) is 0.482. The summed E-state index contributed by atoms with van der Waals surface area (Å²) in [7, 11) is -1.44. The van der Waals surface area contributed by atoms with Crippen LogP contribution in [0.1, 0.15) is 16.8 Å². The summed E-state index contributed by atoms with van der Waals surface area (Å²) in [5, 5.41) is 2.89. The summed E-state index contributed by atoms with van der Waals surface area (Å²) in [5.41, 5.74) is 0.451. The molecule has 8 heteroatoms. The van der Waals surface area contributed by atoms with E-state index in [1.165, 1.54) is 30.3 Å². The lowest BCUT2D eigenvalue weighted by molar-refractivity contribution is 0.0949. The molecular formula is C18H28N4O3S. The number of sulfonamides is 1. The Kier molecular flexibility index (Phi) is 7.77. The number of carbonyl (C=O) groups excluding carboxylic acids is 1. The number of rotatable bonds is 9. The zero-order valence-corrected chi connectivity index (χ0v) is 16.1. The van der Waals surface area contributed by atoms with Gasteiger partial charge in [-0.15, -0.1) is 6.58 Å². The number of nitrogens with zero attached hydrogens (tertiary/aromatic N) is 2. The number of hydrogen-bond acceptors (Lipinski definition) is 5. The zero-order valence-electron chi connectivity index (χ0n) is 15.3. The number of piperazine rings is 1. The summed E-state index contributed by atoms with van der Waals surface area (Å²) < 4.78 is 26.4. The van der Waals surface area contributed by atoms with Gasteiger partial charge in [-0.25, -0.2) is 13.1 Å². The zero-order chi connectivity index (χ0) is 19.0. The average molecular weight is 381 g/mol. The van der Waals surface area contributed by atoms with Crippen molar-refractivity contribution in [1.29, 1.82) is 0 Å². The standard InChI is InChI=1S/C18H28N4O3S/c1-3-9-20-26(24,25)17-7-5-16(6-8-17)18(23)19-10-4-11-22-14-12-21(2)13-15-22/h3,5-8,20H,1,4,9-15H2,2H3,(H,19,23). The van der Waals surface area contributed by atoms with E-state index in [-0.39, 0.29) is 17.3 Å². The van der Waals surface area contributed by atoms with Gasteiger partial charge in [0, 0.05) is 44.8 Å². The second-order valence-electron chi connectivity index (χ2n) is 6.42. The highest BCUT2D eigenvalue weighted by atomic mass is 32.2. The minimum Gasteiger partial charge on any atom is -0.352 e. The van der Waals surface area contributed by atoms with Crippen LogP contribution in [-0.2, 0) is 10.0 Å². The smallest absolute Gasteiger partial charge is 0.251 e. The van der Waals surface area contributed by atoms with E-state index in [2.05, 4.69) is 33.5 Å². The molecule has 0 aliphatic carbocycles. The highest BCUT2D eigenvalue weighted by molar-refractivity contribution is 7.89. The van der Waals surface area contributed by atoms with Crippen molar-refractivity contribution >= 4 is 15.9 Å². The summed E-state index contributed by atoms with van der Waals surface area (Å²) >= 11 is 0. The molecule has 26 heavy (non-hydrogen) atoms. The van der Waals surface area contributed by atoms with Crippen LogP contribution in [0.15, 0.2) is 41.8 Å². The second kappa shape index (κ2) is 9.82. The molecule has 2 rings (SSSR count). The van der Waals surface area contributed by atoms with Crippen LogP contribution in [0, 0.1) is 0 Å². The van der Waals surface area contributed by atoms with E-state index in [0.717, 1.165) is 39.1 Å². The first-order chi connectivity index (χ1) is 12.4. The molecule has 0 unspecified atom stereocenters. The van der Waals surface area contributed by atoms with Gasteiger partial charge < -0.3 is 15.1 Å². The third kappa shape index (κ3) is 6.21. The topological polar surface area (TPSA) is 81.7 Å². The summed E-state index contributed by atoms with van der Waals surface area (Å²) in [6.07, 6.45) is 2.37. The van der Waals surface area contributed by atoms with Crippen LogP contribution in [0.25, 0.3) is 0 Å². The van der Waals surface area contributed by atoms with Crippen LogP contribution in [0.4, 0.5) is 0 Å². The minimum atomic E-state index is -3.56. The van der Waals surface area contributed by atoms with Crippen LogP contribution in [0.5, 0.6) is 0 Å². The fraction of sp³-hybridized carbons (Fsp3) is 0.500. The molecule has 0 aromatic heterocycles. The van der Waals surface area contributed by atoms with Gasteiger partial charge in [0.15, 0.2) is 0 Å². The van der Waals surface area contributed by atoms with Gasteiger partial charge in [-0.3, -0.25) is 4.79 Å². The van der Waals surface area contributed by atoms with E-state index >= 15 is 0 Å². The van der Waals surface area contributed by atoms with Crippen LogP contribution in [0.3, 0.4) is 0 Å². The van der Waals surface area contributed by atoms with Crippen LogP contribution in [-0.4, -0.2) is 77.0 Å². The maximum Gasteiger partial charge on any atom is 0.251 e. The monoisotopic (exact) mass is 380 g/mol. The minimum absolute atomic E-state index is 0.131. The molecule has 7 nitrogen and oxygen atoms in total. The summed E-state index contributed by atoms with van der Waals surface area (Å²) in [4.78, 5) is 17.0. The summed E-state index contributed by atoms with van der Waals surface area (Å²) in [5.74, 6) is -0.189. The Morgan fingerprint density at radius 2 is 1.85 bits per heavy atom. The van der Waals surface area contributed by atoms with E-state index in [9.17, 15) is 13.2 Å². The molecule has 0 saturated carbocycles. The van der Waals surface area contributed by atoms with Crippen molar-refractivity contribution < 1.29 is 13.2 Å². The first-order valence-corrected chi connectivity index (χ1v) is 10.3. The molecule has 1 aromatic rings. The third-order valence-corrected chi connectivity index (χ3v) is 5.82. The average Bonchev–Trinajstić information content (AvgIpc) is 2.65. The van der Waals surface area contributed by atoms with Gasteiger partial charge >= 0.3 is 0 Å². The number of hydrogen-bond donors (Lipinski definition) is 2. The molecular weight excluding hydrogens is 352 g/mol. The van der Waals surface area contributed by atoms with E-state index in [4.69, 9.17) is 0 Å². The normalized spacial score (nSPS) is 16.3. The Bertz CT molecular complexity index is 696. The lowest BCUT2D eigenvalue weighted by Crippen LogP contribution is -2.45. The lowest BCUT2D eigenvalue weighted by Gasteiger charge is -2.32. The summed E-state index contributed by atoms with van der Waals surface area (Å²) in [6, 6.07) is 5.92. The molecule has 0 atom stereocenters. The number of likely N-dealkylation sites (N-methyl/N-ethyl adjacent to an activating group) is 1. The first-order valence-electron chi connectivity index (χ1n) is 8.82. The van der Waals surface area contributed by atoms with Crippen molar-refractivity contribution in [2.45, 2.75) is 11.3 Å². The van der Waals surface area contributed by atoms with Crippen molar-refractivity contribution in [3.8, 4) is 0 Å². The SMILES string of the molecule is C=CCNS(=O)(=O)c1ccc(C(=O)NCCCN2CCN(C)CC2)cc1. The Labute approximate surface area is 156 Å². The van der Waals surface area contributed by atoms with Gasteiger partial charge in [-0.1, -0.05) is 6.08 Å². The Morgan fingerprint density at radius 1 is 1.19 bits per heavy atom. The first kappa shape index (κ1) is 20.6. The molecule has 2 N–H and O–H groups in total.